The molecule has 4 nitrogen and oxygen atoms in total. The van der Waals surface area contributed by atoms with Crippen LogP contribution in [-0.4, -0.2) is 28.8 Å². The number of rotatable bonds is 4. The molecule has 0 unspecified atom stereocenters. The first-order valence-corrected chi connectivity index (χ1v) is 5.69. The molecule has 0 aliphatic heterocycles. The van der Waals surface area contributed by atoms with E-state index in [1.54, 1.807) is 13.0 Å². The van der Waals surface area contributed by atoms with Crippen molar-refractivity contribution in [1.29, 1.82) is 0 Å². The number of nitrogens with zero attached hydrogens (tertiary/aromatic N) is 2. The van der Waals surface area contributed by atoms with Gasteiger partial charge in [-0.2, -0.15) is 0 Å². The van der Waals surface area contributed by atoms with E-state index < -0.39 is 0 Å². The van der Waals surface area contributed by atoms with Gasteiger partial charge in [-0.1, -0.05) is 11.6 Å². The quantitative estimate of drug-likeness (QED) is 0.463. The Morgan fingerprint density at radius 2 is 2.33 bits per heavy atom. The zero-order chi connectivity index (χ0) is 11.3. The molecule has 0 bridgehead atoms. The van der Waals surface area contributed by atoms with Gasteiger partial charge < -0.3 is 4.74 Å². The van der Waals surface area contributed by atoms with Crippen molar-refractivity contribution in [1.82, 2.24) is 9.97 Å². The van der Waals surface area contributed by atoms with Gasteiger partial charge in [0.25, 0.3) is 0 Å². The van der Waals surface area contributed by atoms with Crippen molar-refractivity contribution in [3.8, 4) is 0 Å². The van der Waals surface area contributed by atoms with Gasteiger partial charge in [0.1, 0.15) is 16.0 Å². The number of halogens is 1. The number of carbonyl (C=O) groups excluding carboxylic acids is 1. The van der Waals surface area contributed by atoms with Crippen LogP contribution in [0.3, 0.4) is 0 Å². The van der Waals surface area contributed by atoms with Gasteiger partial charge in [0.2, 0.25) is 0 Å². The number of methoxy groups -OCH3 is 1. The maximum absolute atomic E-state index is 10.8. The van der Waals surface area contributed by atoms with Crippen molar-refractivity contribution in [2.24, 2.45) is 0 Å². The lowest BCUT2D eigenvalue weighted by atomic mass is 10.5. The molecular formula is C9H11ClN2O2S. The number of thioether (sulfide) groups is 1. The molecule has 0 amide bonds. The van der Waals surface area contributed by atoms with Crippen molar-refractivity contribution in [3.63, 3.8) is 0 Å². The minimum Gasteiger partial charge on any atom is -0.469 e. The van der Waals surface area contributed by atoms with Crippen LogP contribution in [0, 0.1) is 6.92 Å². The van der Waals surface area contributed by atoms with Crippen LogP contribution in [0.25, 0.3) is 0 Å². The zero-order valence-electron chi connectivity index (χ0n) is 8.49. The molecule has 1 aromatic heterocycles. The number of hydrogen-bond donors (Lipinski definition) is 0. The van der Waals surface area contributed by atoms with E-state index in [1.807, 2.05) is 0 Å². The van der Waals surface area contributed by atoms with Crippen molar-refractivity contribution >= 4 is 29.3 Å². The Kier molecular flexibility index (Phi) is 4.84. The smallest absolute Gasteiger partial charge is 0.306 e. The molecule has 0 saturated carbocycles. The van der Waals surface area contributed by atoms with Gasteiger partial charge in [0.05, 0.1) is 13.5 Å². The molecular weight excluding hydrogens is 236 g/mol. The lowest BCUT2D eigenvalue weighted by molar-refractivity contribution is -0.140. The third kappa shape index (κ3) is 4.48. The fraction of sp³-hybridized carbons (Fsp3) is 0.444. The monoisotopic (exact) mass is 246 g/mol. The van der Waals surface area contributed by atoms with E-state index in [2.05, 4.69) is 14.7 Å². The van der Waals surface area contributed by atoms with Gasteiger partial charge in [-0.25, -0.2) is 9.97 Å². The van der Waals surface area contributed by atoms with Crippen LogP contribution in [0.5, 0.6) is 0 Å². The van der Waals surface area contributed by atoms with E-state index in [1.165, 1.54) is 18.9 Å². The van der Waals surface area contributed by atoms with Crippen LogP contribution in [0.4, 0.5) is 0 Å². The summed E-state index contributed by atoms with van der Waals surface area (Å²) in [4.78, 5) is 19.0. The Labute approximate surface area is 97.4 Å². The first-order valence-electron chi connectivity index (χ1n) is 4.32. The average molecular weight is 247 g/mol. The number of aromatic nitrogens is 2. The fourth-order valence-corrected chi connectivity index (χ4v) is 2.08. The van der Waals surface area contributed by atoms with E-state index in [-0.39, 0.29) is 5.97 Å². The number of ether oxygens (including phenoxy) is 1. The highest BCUT2D eigenvalue weighted by Gasteiger charge is 2.03. The highest BCUT2D eigenvalue weighted by atomic mass is 35.5. The molecule has 1 heterocycles. The average Bonchev–Trinajstić information content (AvgIpc) is 2.16. The molecule has 0 saturated heterocycles. The van der Waals surface area contributed by atoms with Gasteiger partial charge >= 0.3 is 5.97 Å². The van der Waals surface area contributed by atoms with Gasteiger partial charge in [0, 0.05) is 11.8 Å². The Hall–Kier alpha value is -0.810. The van der Waals surface area contributed by atoms with Gasteiger partial charge in [0.15, 0.2) is 0 Å². The zero-order valence-corrected chi connectivity index (χ0v) is 10.1. The summed E-state index contributed by atoms with van der Waals surface area (Å²) in [5.74, 6) is 1.03. The molecule has 15 heavy (non-hydrogen) atoms. The normalized spacial score (nSPS) is 10.1. The molecule has 1 rings (SSSR count). The highest BCUT2D eigenvalue weighted by Crippen LogP contribution is 2.19. The minimum absolute atomic E-state index is 0.223. The Morgan fingerprint density at radius 1 is 1.60 bits per heavy atom. The molecule has 82 valence electrons. The second-order valence-corrected chi connectivity index (χ2v) is 4.25. The summed E-state index contributed by atoms with van der Waals surface area (Å²) in [6.45, 7) is 1.77. The SMILES string of the molecule is COC(=O)CCSc1cc(Cl)nc(C)n1. The van der Waals surface area contributed by atoms with Crippen molar-refractivity contribution in [2.75, 3.05) is 12.9 Å². The lowest BCUT2D eigenvalue weighted by Gasteiger charge is -2.01. The van der Waals surface area contributed by atoms with Crippen molar-refractivity contribution < 1.29 is 9.53 Å². The van der Waals surface area contributed by atoms with Crippen molar-refractivity contribution in [3.05, 3.63) is 17.0 Å². The van der Waals surface area contributed by atoms with E-state index in [0.29, 0.717) is 23.2 Å². The van der Waals surface area contributed by atoms with Crippen LogP contribution in [-0.2, 0) is 9.53 Å². The summed E-state index contributed by atoms with van der Waals surface area (Å²) in [5.41, 5.74) is 0. The predicted molar refractivity (Wildman–Crippen MR) is 59.1 cm³/mol. The highest BCUT2D eigenvalue weighted by molar-refractivity contribution is 7.99. The van der Waals surface area contributed by atoms with Crippen molar-refractivity contribution in [2.45, 2.75) is 18.4 Å². The summed E-state index contributed by atoms with van der Waals surface area (Å²) in [5, 5.41) is 1.19. The molecule has 0 aliphatic rings. The largest absolute Gasteiger partial charge is 0.469 e. The summed E-state index contributed by atoms with van der Waals surface area (Å²) < 4.78 is 4.52. The van der Waals surface area contributed by atoms with Gasteiger partial charge in [-0.3, -0.25) is 4.79 Å². The molecule has 0 N–H and O–H groups in total. The standard InChI is InChI=1S/C9H11ClN2O2S/c1-6-11-7(10)5-8(12-6)15-4-3-9(13)14-2/h5H,3-4H2,1-2H3. The van der Waals surface area contributed by atoms with E-state index in [9.17, 15) is 4.79 Å². The number of aryl methyl sites for hydroxylation is 1. The Bertz CT molecular complexity index is 340. The number of carbonyl (C=O) groups is 1. The van der Waals surface area contributed by atoms with Crippen LogP contribution >= 0.6 is 23.4 Å². The Morgan fingerprint density at radius 3 is 2.93 bits per heavy atom. The van der Waals surface area contributed by atoms with E-state index in [4.69, 9.17) is 11.6 Å². The predicted octanol–water partition coefficient (Wildman–Crippen LogP) is 2.09. The molecule has 0 radical (unpaired) electrons. The van der Waals surface area contributed by atoms with E-state index in [0.717, 1.165) is 5.03 Å². The maximum atomic E-state index is 10.8. The Balaban J connectivity index is 2.47. The lowest BCUT2D eigenvalue weighted by Crippen LogP contribution is -2.01. The van der Waals surface area contributed by atoms with E-state index >= 15 is 0 Å². The second-order valence-electron chi connectivity index (χ2n) is 2.75. The van der Waals surface area contributed by atoms with Crippen LogP contribution in [0.2, 0.25) is 5.15 Å². The van der Waals surface area contributed by atoms with Crippen LogP contribution in [0.15, 0.2) is 11.1 Å². The molecule has 0 aromatic carbocycles. The first-order chi connectivity index (χ1) is 7.11. The second kappa shape index (κ2) is 5.92. The molecule has 0 fully saturated rings. The third-order valence-corrected chi connectivity index (χ3v) is 2.67. The number of hydrogen-bond acceptors (Lipinski definition) is 5. The first kappa shape index (κ1) is 12.3. The fourth-order valence-electron chi connectivity index (χ4n) is 0.920. The third-order valence-electron chi connectivity index (χ3n) is 1.57. The molecule has 1 aromatic rings. The molecule has 6 heteroatoms. The summed E-state index contributed by atoms with van der Waals surface area (Å²) in [7, 11) is 1.37. The minimum atomic E-state index is -0.223. The molecule has 0 aliphatic carbocycles. The maximum Gasteiger partial charge on any atom is 0.306 e. The van der Waals surface area contributed by atoms with Crippen LogP contribution < -0.4 is 0 Å². The van der Waals surface area contributed by atoms with Gasteiger partial charge in [-0.05, 0) is 6.92 Å². The van der Waals surface area contributed by atoms with Crippen LogP contribution in [0.1, 0.15) is 12.2 Å². The molecule has 0 atom stereocenters. The topological polar surface area (TPSA) is 52.1 Å². The summed E-state index contributed by atoms with van der Waals surface area (Å²) in [6.07, 6.45) is 0.363. The van der Waals surface area contributed by atoms with Gasteiger partial charge in [-0.15, -0.1) is 11.8 Å². The summed E-state index contributed by atoms with van der Waals surface area (Å²) >= 11 is 7.22. The number of esters is 1. The summed E-state index contributed by atoms with van der Waals surface area (Å²) in [6, 6.07) is 1.68. The molecule has 0 spiro atoms.